The van der Waals surface area contributed by atoms with Crippen molar-refractivity contribution in [3.8, 4) is 0 Å². The van der Waals surface area contributed by atoms with Gasteiger partial charge in [0.05, 0.1) is 5.84 Å². The SMILES string of the molecule is CCCCCN(CCCCC)C(=N)CC1CCOCC1. The first kappa shape index (κ1) is 17.5. The highest BCUT2D eigenvalue weighted by atomic mass is 16.5. The molecule has 0 amide bonds. The van der Waals surface area contributed by atoms with Crippen LogP contribution in [0.1, 0.15) is 71.6 Å². The van der Waals surface area contributed by atoms with E-state index in [1.165, 1.54) is 38.5 Å². The second kappa shape index (κ2) is 11.1. The van der Waals surface area contributed by atoms with Crippen LogP contribution in [0, 0.1) is 11.3 Å². The van der Waals surface area contributed by atoms with Crippen molar-refractivity contribution in [2.45, 2.75) is 71.6 Å². The molecular formula is C17H34N2O. The molecule has 1 aliphatic rings. The predicted octanol–water partition coefficient (Wildman–Crippen LogP) is 4.46. The minimum atomic E-state index is 0.677. The average molecular weight is 282 g/mol. The van der Waals surface area contributed by atoms with E-state index in [-0.39, 0.29) is 0 Å². The van der Waals surface area contributed by atoms with Gasteiger partial charge in [0.15, 0.2) is 0 Å². The summed E-state index contributed by atoms with van der Waals surface area (Å²) in [6.45, 7) is 8.44. The van der Waals surface area contributed by atoms with Crippen molar-refractivity contribution in [2.24, 2.45) is 5.92 Å². The summed E-state index contributed by atoms with van der Waals surface area (Å²) in [6, 6.07) is 0. The van der Waals surface area contributed by atoms with Gasteiger partial charge in [0.1, 0.15) is 0 Å². The van der Waals surface area contributed by atoms with E-state index in [1.54, 1.807) is 0 Å². The van der Waals surface area contributed by atoms with Gasteiger partial charge in [-0.25, -0.2) is 0 Å². The molecule has 0 radical (unpaired) electrons. The van der Waals surface area contributed by atoms with Crippen LogP contribution in [0.25, 0.3) is 0 Å². The Hall–Kier alpha value is -0.570. The van der Waals surface area contributed by atoms with Crippen molar-refractivity contribution in [1.82, 2.24) is 4.90 Å². The number of ether oxygens (including phenoxy) is 1. The lowest BCUT2D eigenvalue weighted by Crippen LogP contribution is -2.34. The first-order valence-corrected chi connectivity index (χ1v) is 8.68. The molecule has 0 aliphatic carbocycles. The van der Waals surface area contributed by atoms with Gasteiger partial charge in [-0.2, -0.15) is 0 Å². The van der Waals surface area contributed by atoms with Crippen LogP contribution in [-0.4, -0.2) is 37.0 Å². The van der Waals surface area contributed by atoms with Gasteiger partial charge in [0.2, 0.25) is 0 Å². The number of rotatable bonds is 10. The standard InChI is InChI=1S/C17H34N2O/c1-3-5-7-11-19(12-8-6-4-2)17(18)15-16-9-13-20-14-10-16/h16,18H,3-15H2,1-2H3. The zero-order valence-corrected chi connectivity index (χ0v) is 13.6. The van der Waals surface area contributed by atoms with Crippen LogP contribution in [0.3, 0.4) is 0 Å². The van der Waals surface area contributed by atoms with E-state index in [0.717, 1.165) is 51.4 Å². The second-order valence-corrected chi connectivity index (χ2v) is 6.11. The molecule has 1 N–H and O–H groups in total. The summed E-state index contributed by atoms with van der Waals surface area (Å²) < 4.78 is 5.42. The van der Waals surface area contributed by atoms with E-state index in [2.05, 4.69) is 18.7 Å². The summed E-state index contributed by atoms with van der Waals surface area (Å²) in [4.78, 5) is 2.35. The van der Waals surface area contributed by atoms with E-state index in [9.17, 15) is 0 Å². The van der Waals surface area contributed by atoms with Gasteiger partial charge in [-0.15, -0.1) is 0 Å². The topological polar surface area (TPSA) is 36.3 Å². The molecule has 0 aromatic heterocycles. The third-order valence-corrected chi connectivity index (χ3v) is 4.27. The fourth-order valence-corrected chi connectivity index (χ4v) is 2.84. The molecule has 3 heteroatoms. The van der Waals surface area contributed by atoms with Crippen molar-refractivity contribution in [2.75, 3.05) is 26.3 Å². The molecule has 0 aromatic carbocycles. The van der Waals surface area contributed by atoms with Crippen molar-refractivity contribution < 1.29 is 4.74 Å². The van der Waals surface area contributed by atoms with E-state index in [0.29, 0.717) is 5.92 Å². The Balaban J connectivity index is 2.35. The lowest BCUT2D eigenvalue weighted by Gasteiger charge is -2.29. The molecule has 3 nitrogen and oxygen atoms in total. The highest BCUT2D eigenvalue weighted by molar-refractivity contribution is 5.79. The zero-order valence-electron chi connectivity index (χ0n) is 13.6. The monoisotopic (exact) mass is 282 g/mol. The number of hydrogen-bond donors (Lipinski definition) is 1. The number of nitrogens with zero attached hydrogens (tertiary/aromatic N) is 1. The highest BCUT2D eigenvalue weighted by Gasteiger charge is 2.18. The first-order chi connectivity index (χ1) is 9.77. The number of unbranched alkanes of at least 4 members (excludes halogenated alkanes) is 4. The van der Waals surface area contributed by atoms with Gasteiger partial charge in [0, 0.05) is 32.7 Å². The molecule has 118 valence electrons. The Morgan fingerprint density at radius 3 is 2.05 bits per heavy atom. The van der Waals surface area contributed by atoms with Gasteiger partial charge < -0.3 is 9.64 Å². The Bertz CT molecular complexity index is 239. The normalized spacial score (nSPS) is 16.3. The Labute approximate surface area is 125 Å². The lowest BCUT2D eigenvalue weighted by atomic mass is 9.95. The number of amidine groups is 1. The van der Waals surface area contributed by atoms with Crippen LogP contribution in [0.15, 0.2) is 0 Å². The Kier molecular flexibility index (Phi) is 9.73. The smallest absolute Gasteiger partial charge is 0.0960 e. The molecule has 1 aliphatic heterocycles. The Morgan fingerprint density at radius 2 is 1.55 bits per heavy atom. The third-order valence-electron chi connectivity index (χ3n) is 4.27. The van der Waals surface area contributed by atoms with Crippen LogP contribution in [-0.2, 0) is 4.74 Å². The highest BCUT2D eigenvalue weighted by Crippen LogP contribution is 2.20. The van der Waals surface area contributed by atoms with E-state index in [1.807, 2.05) is 0 Å². The molecule has 20 heavy (non-hydrogen) atoms. The van der Waals surface area contributed by atoms with Crippen LogP contribution in [0.4, 0.5) is 0 Å². The molecule has 1 rings (SSSR count). The van der Waals surface area contributed by atoms with Crippen molar-refractivity contribution in [3.05, 3.63) is 0 Å². The number of nitrogens with one attached hydrogen (secondary N) is 1. The van der Waals surface area contributed by atoms with Crippen LogP contribution in [0.2, 0.25) is 0 Å². The van der Waals surface area contributed by atoms with Gasteiger partial charge in [0.25, 0.3) is 0 Å². The maximum absolute atomic E-state index is 8.44. The molecule has 0 aromatic rings. The lowest BCUT2D eigenvalue weighted by molar-refractivity contribution is 0.0675. The van der Waals surface area contributed by atoms with Gasteiger partial charge >= 0.3 is 0 Å². The predicted molar refractivity (Wildman–Crippen MR) is 86.5 cm³/mol. The van der Waals surface area contributed by atoms with Gasteiger partial charge in [-0.3, -0.25) is 5.41 Å². The molecule has 0 bridgehead atoms. The molecule has 1 saturated heterocycles. The van der Waals surface area contributed by atoms with Crippen LogP contribution >= 0.6 is 0 Å². The molecule has 0 saturated carbocycles. The van der Waals surface area contributed by atoms with E-state index in [4.69, 9.17) is 10.1 Å². The minimum absolute atomic E-state index is 0.677. The molecular weight excluding hydrogens is 248 g/mol. The summed E-state index contributed by atoms with van der Waals surface area (Å²) in [5.41, 5.74) is 0. The summed E-state index contributed by atoms with van der Waals surface area (Å²) in [5.74, 6) is 1.56. The van der Waals surface area contributed by atoms with E-state index < -0.39 is 0 Å². The average Bonchev–Trinajstić information content (AvgIpc) is 2.47. The minimum Gasteiger partial charge on any atom is -0.381 e. The third kappa shape index (κ3) is 7.28. The quantitative estimate of drug-likeness (QED) is 0.365. The molecule has 0 atom stereocenters. The zero-order chi connectivity index (χ0) is 14.6. The molecule has 1 heterocycles. The van der Waals surface area contributed by atoms with Crippen molar-refractivity contribution >= 4 is 5.84 Å². The van der Waals surface area contributed by atoms with Crippen LogP contribution < -0.4 is 0 Å². The van der Waals surface area contributed by atoms with Crippen molar-refractivity contribution in [3.63, 3.8) is 0 Å². The number of hydrogen-bond acceptors (Lipinski definition) is 2. The second-order valence-electron chi connectivity index (χ2n) is 6.11. The Morgan fingerprint density at radius 1 is 1.00 bits per heavy atom. The summed E-state index contributed by atoms with van der Waals surface area (Å²) >= 11 is 0. The maximum Gasteiger partial charge on any atom is 0.0960 e. The van der Waals surface area contributed by atoms with Crippen molar-refractivity contribution in [1.29, 1.82) is 5.41 Å². The largest absolute Gasteiger partial charge is 0.381 e. The van der Waals surface area contributed by atoms with Crippen LogP contribution in [0.5, 0.6) is 0 Å². The first-order valence-electron chi connectivity index (χ1n) is 8.68. The van der Waals surface area contributed by atoms with Gasteiger partial charge in [-0.1, -0.05) is 39.5 Å². The maximum atomic E-state index is 8.44. The fraction of sp³-hybridized carbons (Fsp3) is 0.941. The molecule has 1 fully saturated rings. The summed E-state index contributed by atoms with van der Waals surface area (Å²) in [5, 5.41) is 8.44. The van der Waals surface area contributed by atoms with Gasteiger partial charge in [-0.05, 0) is 31.6 Å². The molecule has 0 spiro atoms. The fourth-order valence-electron chi connectivity index (χ4n) is 2.84. The molecule has 0 unspecified atom stereocenters. The van der Waals surface area contributed by atoms with E-state index >= 15 is 0 Å². The summed E-state index contributed by atoms with van der Waals surface area (Å²) in [7, 11) is 0. The summed E-state index contributed by atoms with van der Waals surface area (Å²) in [6.07, 6.45) is 10.8.